The zero-order chi connectivity index (χ0) is 18.6. The molecule has 0 spiro atoms. The molecular formula is C16H24O9. The summed E-state index contributed by atoms with van der Waals surface area (Å²) in [6.07, 6.45) is -9.86. The third kappa shape index (κ3) is 4.46. The molecule has 0 aliphatic carbocycles. The molecule has 25 heavy (non-hydrogen) atoms. The summed E-state index contributed by atoms with van der Waals surface area (Å²) in [5.74, 6) is 0.417. The van der Waals surface area contributed by atoms with Crippen molar-refractivity contribution in [3.63, 3.8) is 0 Å². The van der Waals surface area contributed by atoms with E-state index in [-0.39, 0.29) is 6.61 Å². The topological polar surface area (TPSA) is 149 Å². The first kappa shape index (κ1) is 20.0. The van der Waals surface area contributed by atoms with Crippen LogP contribution in [0.25, 0.3) is 0 Å². The molecule has 1 aromatic rings. The van der Waals surface area contributed by atoms with E-state index in [0.29, 0.717) is 11.3 Å². The van der Waals surface area contributed by atoms with Crippen LogP contribution in [0.5, 0.6) is 5.75 Å². The largest absolute Gasteiger partial charge is 0.496 e. The Labute approximate surface area is 144 Å². The first-order valence-corrected chi connectivity index (χ1v) is 7.81. The Hall–Kier alpha value is -1.30. The van der Waals surface area contributed by atoms with E-state index in [4.69, 9.17) is 14.2 Å². The first-order valence-electron chi connectivity index (χ1n) is 7.81. The summed E-state index contributed by atoms with van der Waals surface area (Å²) in [6.45, 7) is -0.866. The van der Waals surface area contributed by atoms with E-state index in [9.17, 15) is 30.6 Å². The van der Waals surface area contributed by atoms with E-state index in [0.717, 1.165) is 0 Å². The highest BCUT2D eigenvalue weighted by Crippen LogP contribution is 2.29. The van der Waals surface area contributed by atoms with Gasteiger partial charge in [0.2, 0.25) is 0 Å². The number of hydrogen-bond acceptors (Lipinski definition) is 9. The zero-order valence-electron chi connectivity index (χ0n) is 13.7. The van der Waals surface area contributed by atoms with E-state index in [2.05, 4.69) is 0 Å². The average molecular weight is 360 g/mol. The number of aliphatic hydroxyl groups excluding tert-OH is 6. The molecule has 1 saturated heterocycles. The number of hydrogen-bond donors (Lipinski definition) is 6. The van der Waals surface area contributed by atoms with Gasteiger partial charge in [-0.05, 0) is 6.07 Å². The lowest BCUT2D eigenvalue weighted by molar-refractivity contribution is -0.292. The van der Waals surface area contributed by atoms with Crippen molar-refractivity contribution in [2.24, 2.45) is 0 Å². The summed E-state index contributed by atoms with van der Waals surface area (Å²) in [6, 6.07) is 6.68. The van der Waals surface area contributed by atoms with Crippen LogP contribution in [-0.4, -0.2) is 87.8 Å². The SMILES string of the molecule is COc1ccccc1C(O)C(CO)OCC1O[C@H](O)[C@H](O)C(O)[C@@H]1O. The van der Waals surface area contributed by atoms with E-state index in [1.165, 1.54) is 7.11 Å². The first-order chi connectivity index (χ1) is 11.9. The van der Waals surface area contributed by atoms with Gasteiger partial charge in [0.15, 0.2) is 6.29 Å². The molecular weight excluding hydrogens is 336 g/mol. The van der Waals surface area contributed by atoms with Crippen LogP contribution in [0.2, 0.25) is 0 Å². The van der Waals surface area contributed by atoms with Gasteiger partial charge in [-0.25, -0.2) is 0 Å². The van der Waals surface area contributed by atoms with Crippen LogP contribution in [0, 0.1) is 0 Å². The molecule has 0 bridgehead atoms. The van der Waals surface area contributed by atoms with Crippen LogP contribution in [0.4, 0.5) is 0 Å². The van der Waals surface area contributed by atoms with Crippen molar-refractivity contribution >= 4 is 0 Å². The van der Waals surface area contributed by atoms with Crippen molar-refractivity contribution in [3.8, 4) is 5.75 Å². The molecule has 7 atom stereocenters. The van der Waals surface area contributed by atoms with Crippen molar-refractivity contribution in [2.45, 2.75) is 42.9 Å². The number of rotatable bonds is 7. The maximum atomic E-state index is 10.4. The fraction of sp³-hybridized carbons (Fsp3) is 0.625. The molecule has 4 unspecified atom stereocenters. The second kappa shape index (κ2) is 8.88. The Kier molecular flexibility index (Phi) is 7.11. The molecule has 9 heteroatoms. The molecule has 1 heterocycles. The molecule has 9 nitrogen and oxygen atoms in total. The number of benzene rings is 1. The minimum Gasteiger partial charge on any atom is -0.496 e. The average Bonchev–Trinajstić information content (AvgIpc) is 2.64. The number of para-hydroxylation sites is 1. The predicted molar refractivity (Wildman–Crippen MR) is 83.7 cm³/mol. The zero-order valence-corrected chi connectivity index (χ0v) is 13.7. The molecule has 1 fully saturated rings. The maximum absolute atomic E-state index is 10.4. The van der Waals surface area contributed by atoms with Gasteiger partial charge in [-0.1, -0.05) is 18.2 Å². The monoisotopic (exact) mass is 360 g/mol. The normalized spacial score (nSPS) is 32.2. The van der Waals surface area contributed by atoms with Crippen LogP contribution in [0.3, 0.4) is 0 Å². The number of ether oxygens (including phenoxy) is 3. The van der Waals surface area contributed by atoms with Gasteiger partial charge in [-0.2, -0.15) is 0 Å². The summed E-state index contributed by atoms with van der Waals surface area (Å²) in [5, 5.41) is 58.4. The molecule has 0 amide bonds. The van der Waals surface area contributed by atoms with Crippen molar-refractivity contribution in [1.29, 1.82) is 0 Å². The molecule has 0 aromatic heterocycles. The maximum Gasteiger partial charge on any atom is 0.184 e. The van der Waals surface area contributed by atoms with Gasteiger partial charge in [0, 0.05) is 5.56 Å². The lowest BCUT2D eigenvalue weighted by Crippen LogP contribution is -2.58. The van der Waals surface area contributed by atoms with Crippen molar-refractivity contribution in [3.05, 3.63) is 29.8 Å². The highest BCUT2D eigenvalue weighted by Gasteiger charge is 2.43. The standard InChI is InChI=1S/C16H24O9/c1-23-9-5-3-2-4-8(9)12(18)10(6-17)24-7-11-13(19)14(20)15(21)16(22)25-11/h2-5,10-22H,6-7H2,1H3/t10?,11?,12?,13-,14?,15-,16+/m1/s1. The van der Waals surface area contributed by atoms with E-state index in [1.807, 2.05) is 0 Å². The number of methoxy groups -OCH3 is 1. The second-order valence-electron chi connectivity index (χ2n) is 5.78. The molecule has 1 aliphatic rings. The summed E-state index contributed by atoms with van der Waals surface area (Å²) in [5.41, 5.74) is 0.407. The van der Waals surface area contributed by atoms with Gasteiger partial charge >= 0.3 is 0 Å². The molecule has 0 saturated carbocycles. The molecule has 1 aliphatic heterocycles. The van der Waals surface area contributed by atoms with Gasteiger partial charge < -0.3 is 44.8 Å². The molecule has 1 aromatic carbocycles. The van der Waals surface area contributed by atoms with Gasteiger partial charge in [0.25, 0.3) is 0 Å². The van der Waals surface area contributed by atoms with Crippen LogP contribution < -0.4 is 4.74 Å². The van der Waals surface area contributed by atoms with E-state index >= 15 is 0 Å². The van der Waals surface area contributed by atoms with Crippen LogP contribution in [0.1, 0.15) is 11.7 Å². The molecule has 142 valence electrons. The highest BCUT2D eigenvalue weighted by molar-refractivity contribution is 5.35. The molecule has 0 radical (unpaired) electrons. The van der Waals surface area contributed by atoms with Crippen molar-refractivity contribution in [2.75, 3.05) is 20.3 Å². The Balaban J connectivity index is 2.02. The lowest BCUT2D eigenvalue weighted by Gasteiger charge is -2.38. The third-order valence-electron chi connectivity index (χ3n) is 4.15. The van der Waals surface area contributed by atoms with Gasteiger partial charge in [-0.3, -0.25) is 0 Å². The summed E-state index contributed by atoms with van der Waals surface area (Å²) < 4.78 is 15.6. The van der Waals surface area contributed by atoms with Crippen molar-refractivity contribution < 1.29 is 44.8 Å². The van der Waals surface area contributed by atoms with Gasteiger partial charge in [0.05, 0.1) is 20.3 Å². The number of aliphatic hydroxyl groups is 6. The van der Waals surface area contributed by atoms with Crippen molar-refractivity contribution in [1.82, 2.24) is 0 Å². The van der Waals surface area contributed by atoms with E-state index < -0.39 is 49.5 Å². The smallest absolute Gasteiger partial charge is 0.184 e. The van der Waals surface area contributed by atoms with Crippen LogP contribution in [0.15, 0.2) is 24.3 Å². The highest BCUT2D eigenvalue weighted by atomic mass is 16.6. The molecule has 2 rings (SSSR count). The predicted octanol–water partition coefficient (Wildman–Crippen LogP) is -2.09. The minimum atomic E-state index is -1.68. The lowest BCUT2D eigenvalue weighted by atomic mass is 9.99. The fourth-order valence-electron chi connectivity index (χ4n) is 2.64. The Morgan fingerprint density at radius 2 is 1.76 bits per heavy atom. The third-order valence-corrected chi connectivity index (χ3v) is 4.15. The summed E-state index contributed by atoms with van der Waals surface area (Å²) in [4.78, 5) is 0. The fourth-order valence-corrected chi connectivity index (χ4v) is 2.64. The molecule has 6 N–H and O–H groups in total. The van der Waals surface area contributed by atoms with Crippen LogP contribution in [-0.2, 0) is 9.47 Å². The van der Waals surface area contributed by atoms with Crippen LogP contribution >= 0.6 is 0 Å². The summed E-state index contributed by atoms with van der Waals surface area (Å²) >= 11 is 0. The minimum absolute atomic E-state index is 0.334. The quantitative estimate of drug-likeness (QED) is 0.322. The second-order valence-corrected chi connectivity index (χ2v) is 5.78. The Morgan fingerprint density at radius 3 is 2.40 bits per heavy atom. The Morgan fingerprint density at radius 1 is 1.08 bits per heavy atom. The summed E-state index contributed by atoms with van der Waals surface area (Å²) in [7, 11) is 1.45. The Bertz CT molecular complexity index is 540. The van der Waals surface area contributed by atoms with Gasteiger partial charge in [0.1, 0.15) is 42.4 Å². The van der Waals surface area contributed by atoms with Gasteiger partial charge in [-0.15, -0.1) is 0 Å². The van der Waals surface area contributed by atoms with E-state index in [1.54, 1.807) is 24.3 Å².